The monoisotopic (exact) mass is 319 g/mol. The number of halogens is 1. The van der Waals surface area contributed by atoms with Crippen molar-refractivity contribution in [2.24, 2.45) is 11.8 Å². The van der Waals surface area contributed by atoms with Gasteiger partial charge in [-0.05, 0) is 0 Å². The summed E-state index contributed by atoms with van der Waals surface area (Å²) in [6, 6.07) is 0. The molecule has 2 rings (SSSR count). The Morgan fingerprint density at radius 3 is 2.33 bits per heavy atom. The maximum atomic E-state index is 4.54. The van der Waals surface area contributed by atoms with Gasteiger partial charge in [0.05, 0.1) is 0 Å². The second-order valence-electron chi connectivity index (χ2n) is 5.40. The molecule has 0 radical (unpaired) electrons. The summed E-state index contributed by atoms with van der Waals surface area (Å²) in [5, 5.41) is 0. The van der Waals surface area contributed by atoms with Crippen molar-refractivity contribution >= 4 is 0 Å². The van der Waals surface area contributed by atoms with Crippen LogP contribution in [0.3, 0.4) is 0 Å². The summed E-state index contributed by atoms with van der Waals surface area (Å²) in [5.41, 5.74) is 1.68. The molecule has 0 bridgehead atoms. The van der Waals surface area contributed by atoms with Gasteiger partial charge < -0.3 is 0 Å². The quantitative estimate of drug-likeness (QED) is 0.414. The summed E-state index contributed by atoms with van der Waals surface area (Å²) < 4.78 is 0.655. The van der Waals surface area contributed by atoms with Crippen molar-refractivity contribution < 1.29 is 21.2 Å². The number of hydrogen-bond acceptors (Lipinski definition) is 0. The topological polar surface area (TPSA) is 0 Å². The van der Waals surface area contributed by atoms with Crippen LogP contribution in [0.25, 0.3) is 0 Å². The van der Waals surface area contributed by atoms with Crippen LogP contribution in [-0.2, 0) is 0 Å². The predicted molar refractivity (Wildman–Crippen MR) is 62.8 cm³/mol. The van der Waals surface area contributed by atoms with Crippen LogP contribution in [0.2, 0.25) is 0 Å². The molecule has 1 heteroatoms. The summed E-state index contributed by atoms with van der Waals surface area (Å²) in [4.78, 5) is 2.48. The van der Waals surface area contributed by atoms with Crippen molar-refractivity contribution in [3.63, 3.8) is 0 Å². The van der Waals surface area contributed by atoms with E-state index in [0.717, 1.165) is 11.8 Å². The van der Waals surface area contributed by atoms with E-state index in [4.69, 9.17) is 0 Å². The van der Waals surface area contributed by atoms with Gasteiger partial charge >= 0.3 is 105 Å². The van der Waals surface area contributed by atoms with Crippen molar-refractivity contribution in [1.82, 2.24) is 0 Å². The van der Waals surface area contributed by atoms with Crippen molar-refractivity contribution in [3.05, 3.63) is 12.2 Å². The molecule has 15 heavy (non-hydrogen) atoms. The van der Waals surface area contributed by atoms with E-state index in [2.05, 4.69) is 18.4 Å². The molecule has 2 unspecified atom stereocenters. The molecule has 0 aromatic carbocycles. The van der Waals surface area contributed by atoms with E-state index in [0.29, 0.717) is 24.6 Å². The van der Waals surface area contributed by atoms with E-state index in [-0.39, 0.29) is 0 Å². The van der Waals surface area contributed by atoms with Gasteiger partial charge in [-0.15, -0.1) is 0 Å². The van der Waals surface area contributed by atoms with Gasteiger partial charge in [-0.1, -0.05) is 0 Å². The van der Waals surface area contributed by atoms with Gasteiger partial charge in [-0.2, -0.15) is 0 Å². The fourth-order valence-corrected chi connectivity index (χ4v) is 6.50. The number of allylic oxidation sites excluding steroid dienone is 1. The minimum absolute atomic E-state index is 0.340. The van der Waals surface area contributed by atoms with E-state index in [1.165, 1.54) is 44.9 Å². The average molecular weight is 319 g/mol. The first-order valence-electron chi connectivity index (χ1n) is 6.39. The molecule has 0 N–H and O–H groups in total. The van der Waals surface area contributed by atoms with Crippen LogP contribution in [0, 0.1) is 11.8 Å². The molecule has 0 aromatic heterocycles. The van der Waals surface area contributed by atoms with E-state index >= 15 is 0 Å². The fraction of sp³-hybridized carbons (Fsp3) is 0.857. The zero-order valence-electron chi connectivity index (χ0n) is 10.2. The Bertz CT molecular complexity index is 238. The normalized spacial score (nSPS) is 34.8. The van der Waals surface area contributed by atoms with Crippen LogP contribution in [0.4, 0.5) is 0 Å². The Balaban J connectivity index is 2.11. The van der Waals surface area contributed by atoms with Crippen LogP contribution in [-0.4, -0.2) is 8.35 Å². The van der Waals surface area contributed by atoms with Gasteiger partial charge in [0.1, 0.15) is 0 Å². The molecular weight excluding hydrogens is 295 g/mol. The molecule has 0 nitrogen and oxygen atoms in total. The Kier molecular flexibility index (Phi) is 3.79. The summed E-state index contributed by atoms with van der Waals surface area (Å²) in [5.74, 6) is 1.80. The first-order chi connectivity index (χ1) is 7.19. The van der Waals surface area contributed by atoms with E-state index in [1.807, 2.05) is 0 Å². The van der Waals surface area contributed by atoms with Crippen LogP contribution in [0.15, 0.2) is 12.2 Å². The SMILES string of the molecule is C=C(C1CCCC1C)C1([I-]C)CCCC1. The molecule has 2 aliphatic carbocycles. The van der Waals surface area contributed by atoms with Crippen molar-refractivity contribution in [3.8, 4) is 0 Å². The van der Waals surface area contributed by atoms with Gasteiger partial charge in [0.25, 0.3) is 0 Å². The van der Waals surface area contributed by atoms with Gasteiger partial charge in [0, 0.05) is 0 Å². The van der Waals surface area contributed by atoms with Crippen molar-refractivity contribution in [2.75, 3.05) is 4.93 Å². The Morgan fingerprint density at radius 2 is 1.87 bits per heavy atom. The van der Waals surface area contributed by atoms with Crippen LogP contribution >= 0.6 is 0 Å². The number of alkyl halides is 2. The molecule has 0 aliphatic heterocycles. The first-order valence-corrected chi connectivity index (χ1v) is 9.63. The Morgan fingerprint density at radius 1 is 1.20 bits per heavy atom. The molecular formula is C14H24I-. The van der Waals surface area contributed by atoms with Crippen molar-refractivity contribution in [1.29, 1.82) is 0 Å². The van der Waals surface area contributed by atoms with Crippen LogP contribution in [0.1, 0.15) is 51.9 Å². The van der Waals surface area contributed by atoms with Gasteiger partial charge in [-0.25, -0.2) is 0 Å². The van der Waals surface area contributed by atoms with Crippen LogP contribution in [0.5, 0.6) is 0 Å². The molecule has 2 saturated carbocycles. The van der Waals surface area contributed by atoms with Gasteiger partial charge in [0.2, 0.25) is 0 Å². The van der Waals surface area contributed by atoms with E-state index in [9.17, 15) is 0 Å². The zero-order chi connectivity index (χ0) is 10.9. The zero-order valence-corrected chi connectivity index (χ0v) is 12.3. The summed E-state index contributed by atoms with van der Waals surface area (Å²) in [7, 11) is 0. The molecule has 0 amide bonds. The molecule has 0 spiro atoms. The maximum absolute atomic E-state index is 4.54. The third kappa shape index (κ3) is 2.13. The third-order valence-corrected chi connectivity index (χ3v) is 8.48. The van der Waals surface area contributed by atoms with Crippen molar-refractivity contribution in [2.45, 2.75) is 55.3 Å². The van der Waals surface area contributed by atoms with Gasteiger partial charge in [0.15, 0.2) is 0 Å². The number of hydrogen-bond donors (Lipinski definition) is 0. The molecule has 0 heterocycles. The third-order valence-electron chi connectivity index (χ3n) is 4.64. The summed E-state index contributed by atoms with van der Waals surface area (Å²) >= 11 is 0.340. The molecule has 0 saturated heterocycles. The average Bonchev–Trinajstić information content (AvgIpc) is 2.86. The Hall–Kier alpha value is 0.470. The van der Waals surface area contributed by atoms with Gasteiger partial charge in [-0.3, -0.25) is 0 Å². The first kappa shape index (κ1) is 11.9. The minimum atomic E-state index is 0.340. The fourth-order valence-electron chi connectivity index (χ4n) is 3.56. The second kappa shape index (κ2) is 4.77. The molecule has 2 atom stereocenters. The molecule has 2 aliphatic rings. The molecule has 88 valence electrons. The predicted octanol–water partition coefficient (Wildman–Crippen LogP) is 1.01. The summed E-state index contributed by atoms with van der Waals surface area (Å²) in [6.07, 6.45) is 10.2. The Labute approximate surface area is 105 Å². The number of rotatable bonds is 3. The summed E-state index contributed by atoms with van der Waals surface area (Å²) in [6.45, 7) is 6.98. The standard InChI is InChI=1S/C14H24I/c1-11-7-6-8-13(11)12(2)14(15-3)9-4-5-10-14/h11,13H,2,4-10H2,1,3H3/q-1. The van der Waals surface area contributed by atoms with E-state index in [1.54, 1.807) is 5.57 Å². The van der Waals surface area contributed by atoms with Crippen LogP contribution < -0.4 is 21.2 Å². The van der Waals surface area contributed by atoms with E-state index < -0.39 is 0 Å². The molecule has 0 aromatic rings. The second-order valence-corrected chi connectivity index (χ2v) is 8.55. The molecule has 2 fully saturated rings.